The van der Waals surface area contributed by atoms with Gasteiger partial charge in [0.2, 0.25) is 0 Å². The van der Waals surface area contributed by atoms with Crippen LogP contribution >= 0.6 is 0 Å². The van der Waals surface area contributed by atoms with E-state index in [0.717, 1.165) is 124 Å². The van der Waals surface area contributed by atoms with Gasteiger partial charge in [0.15, 0.2) is 34.5 Å². The Bertz CT molecular complexity index is 2990. The van der Waals surface area contributed by atoms with Crippen molar-refractivity contribution in [3.8, 4) is 34.5 Å². The quantitative estimate of drug-likeness (QED) is 0.0399. The molecule has 0 unspecified atom stereocenters. The summed E-state index contributed by atoms with van der Waals surface area (Å²) in [6.45, 7) is 10.00. The van der Waals surface area contributed by atoms with Gasteiger partial charge in [-0.2, -0.15) is 0 Å². The fraction of sp³-hybridized carbons (Fsp3) is 0.229. The predicted octanol–water partition coefficient (Wildman–Crippen LogP) is 15.9. The minimum atomic E-state index is 0.433. The molecule has 0 saturated carbocycles. The second-order valence-corrected chi connectivity index (χ2v) is 19.7. The Balaban J connectivity index is 0.927. The van der Waals surface area contributed by atoms with Gasteiger partial charge in [-0.1, -0.05) is 207 Å². The highest BCUT2D eigenvalue weighted by Crippen LogP contribution is 2.34. The van der Waals surface area contributed by atoms with E-state index in [1.807, 2.05) is 109 Å². The number of nitrogens with zero attached hydrogens (tertiary/aromatic N) is 2. The molecule has 0 spiro atoms. The molecule has 9 aromatic carbocycles. The molecule has 0 saturated heterocycles. The maximum Gasteiger partial charge on any atom is 0.162 e. The zero-order valence-corrected chi connectivity index (χ0v) is 45.0. The van der Waals surface area contributed by atoms with Crippen LogP contribution < -0.4 is 28.4 Å². The highest BCUT2D eigenvalue weighted by molar-refractivity contribution is 5.46. The Hall–Kier alpha value is -8.30. The minimum Gasteiger partial charge on any atom is -0.485 e. The monoisotopic (exact) mass is 1040 g/mol. The Kier molecular flexibility index (Phi) is 20.9. The van der Waals surface area contributed by atoms with E-state index in [-0.39, 0.29) is 0 Å². The summed E-state index contributed by atoms with van der Waals surface area (Å²) in [5.74, 6) is 4.39. The van der Waals surface area contributed by atoms with Gasteiger partial charge in [-0.25, -0.2) is 0 Å². The number of unbranched alkanes of at least 4 members (excludes halogenated alkanes) is 1. The van der Waals surface area contributed by atoms with Crippen LogP contribution in [0.3, 0.4) is 0 Å². The molecule has 0 heterocycles. The van der Waals surface area contributed by atoms with E-state index in [0.29, 0.717) is 52.7 Å². The summed E-state index contributed by atoms with van der Waals surface area (Å²) in [5, 5.41) is 0. The first-order chi connectivity index (χ1) is 38.6. The van der Waals surface area contributed by atoms with Gasteiger partial charge in [0.05, 0.1) is 0 Å². The first kappa shape index (κ1) is 54.5. The van der Waals surface area contributed by atoms with E-state index in [9.17, 15) is 0 Å². The second kappa shape index (κ2) is 29.9. The van der Waals surface area contributed by atoms with Crippen LogP contribution in [0.5, 0.6) is 34.5 Å². The summed E-state index contributed by atoms with van der Waals surface area (Å²) >= 11 is 0. The molecule has 78 heavy (non-hydrogen) atoms. The van der Waals surface area contributed by atoms with Crippen LogP contribution in [0, 0.1) is 0 Å². The summed E-state index contributed by atoms with van der Waals surface area (Å²) in [4.78, 5) is 5.11. The lowest BCUT2D eigenvalue weighted by molar-refractivity contribution is 0.224. The van der Waals surface area contributed by atoms with E-state index in [1.165, 1.54) is 5.56 Å². The molecule has 0 amide bonds. The van der Waals surface area contributed by atoms with Crippen LogP contribution in [-0.2, 0) is 59.3 Å². The molecule has 0 atom stereocenters. The highest BCUT2D eigenvalue weighted by Gasteiger charge is 2.17. The van der Waals surface area contributed by atoms with Crippen molar-refractivity contribution in [2.45, 2.75) is 85.5 Å². The standard InChI is InChI=1S/C70H72N2O6/c1-2-41-71(47-62-35-38-65(73-50-56-23-9-3-10-24-56)68(44-62)76-53-59-29-15-6-16-30-59)42-21-22-43-72(48-63-36-39-66(74-51-57-25-11-4-12-26-57)69(45-63)77-54-60-31-17-7-18-32-60)49-64-37-40-67(75-52-58-27-13-5-14-28-58)70(46-64)78-55-61-33-19-8-20-34-61/h3-20,23-40,44-46H,2,21-22,41-43,47-55H2,1H3. The smallest absolute Gasteiger partial charge is 0.162 e. The Morgan fingerprint density at radius 2 is 0.487 bits per heavy atom. The third-order valence-electron chi connectivity index (χ3n) is 13.4. The molecule has 8 heteroatoms. The first-order valence-corrected chi connectivity index (χ1v) is 27.4. The number of benzene rings is 9. The summed E-state index contributed by atoms with van der Waals surface area (Å²) in [6.07, 6.45) is 3.09. The molecule has 0 N–H and O–H groups in total. The number of hydrogen-bond acceptors (Lipinski definition) is 8. The Morgan fingerprint density at radius 3 is 0.756 bits per heavy atom. The predicted molar refractivity (Wildman–Crippen MR) is 313 cm³/mol. The summed E-state index contributed by atoms with van der Waals surface area (Å²) in [7, 11) is 0. The molecule has 0 bridgehead atoms. The fourth-order valence-electron chi connectivity index (χ4n) is 9.31. The minimum absolute atomic E-state index is 0.433. The molecule has 0 aliphatic carbocycles. The van der Waals surface area contributed by atoms with E-state index >= 15 is 0 Å². The normalized spacial score (nSPS) is 11.1. The average molecular weight is 1040 g/mol. The van der Waals surface area contributed by atoms with Crippen molar-refractivity contribution < 1.29 is 28.4 Å². The third-order valence-corrected chi connectivity index (χ3v) is 13.4. The largest absolute Gasteiger partial charge is 0.485 e. The molecule has 9 rings (SSSR count). The van der Waals surface area contributed by atoms with Gasteiger partial charge in [0, 0.05) is 19.6 Å². The van der Waals surface area contributed by atoms with Gasteiger partial charge in [-0.3, -0.25) is 9.80 Å². The van der Waals surface area contributed by atoms with Crippen molar-refractivity contribution in [3.63, 3.8) is 0 Å². The average Bonchev–Trinajstić information content (AvgIpc) is 3.50. The van der Waals surface area contributed by atoms with Gasteiger partial charge in [-0.05, 0) is 125 Å². The molecule has 0 aromatic heterocycles. The third kappa shape index (κ3) is 17.6. The maximum atomic E-state index is 6.58. The highest BCUT2D eigenvalue weighted by atomic mass is 16.5. The van der Waals surface area contributed by atoms with Crippen LogP contribution in [0.15, 0.2) is 237 Å². The number of rotatable bonds is 31. The SMILES string of the molecule is CCCN(CCCCN(Cc1ccc(OCc2ccccc2)c(OCc2ccccc2)c1)Cc1ccc(OCc2ccccc2)c(OCc2ccccc2)c1)Cc1ccc(OCc2ccccc2)c(OCc2ccccc2)c1. The Labute approximate surface area is 462 Å². The maximum absolute atomic E-state index is 6.58. The zero-order valence-electron chi connectivity index (χ0n) is 45.0. The molecule has 0 aliphatic rings. The fourth-order valence-corrected chi connectivity index (χ4v) is 9.31. The lowest BCUT2D eigenvalue weighted by atomic mass is 10.1. The molecule has 8 nitrogen and oxygen atoms in total. The van der Waals surface area contributed by atoms with Crippen LogP contribution in [0.2, 0.25) is 0 Å². The topological polar surface area (TPSA) is 61.9 Å². The lowest BCUT2D eigenvalue weighted by Crippen LogP contribution is -2.28. The number of ether oxygens (including phenoxy) is 6. The van der Waals surface area contributed by atoms with Gasteiger partial charge in [0.25, 0.3) is 0 Å². The van der Waals surface area contributed by atoms with Crippen molar-refractivity contribution in [2.24, 2.45) is 0 Å². The molecular weight excluding hydrogens is 965 g/mol. The van der Waals surface area contributed by atoms with E-state index in [2.05, 4.69) is 144 Å². The van der Waals surface area contributed by atoms with E-state index < -0.39 is 0 Å². The second-order valence-electron chi connectivity index (χ2n) is 19.7. The van der Waals surface area contributed by atoms with E-state index in [1.54, 1.807) is 0 Å². The molecule has 0 aliphatic heterocycles. The van der Waals surface area contributed by atoms with Crippen LogP contribution in [0.4, 0.5) is 0 Å². The molecule has 398 valence electrons. The van der Waals surface area contributed by atoms with Gasteiger partial charge in [-0.15, -0.1) is 0 Å². The lowest BCUT2D eigenvalue weighted by Gasteiger charge is -2.26. The summed E-state index contributed by atoms with van der Waals surface area (Å²) < 4.78 is 38.9. The van der Waals surface area contributed by atoms with Crippen LogP contribution in [0.25, 0.3) is 0 Å². The van der Waals surface area contributed by atoms with E-state index in [4.69, 9.17) is 28.4 Å². The van der Waals surface area contributed by atoms with Crippen molar-refractivity contribution >= 4 is 0 Å². The molecule has 9 aromatic rings. The molecule has 0 radical (unpaired) electrons. The van der Waals surface area contributed by atoms with Crippen LogP contribution in [0.1, 0.15) is 76.3 Å². The van der Waals surface area contributed by atoms with Crippen molar-refractivity contribution in [3.05, 3.63) is 287 Å². The molecular formula is C70H72N2O6. The summed E-state index contributed by atoms with van der Waals surface area (Å²) in [6, 6.07) is 80.9. The Morgan fingerprint density at radius 1 is 0.244 bits per heavy atom. The van der Waals surface area contributed by atoms with Crippen molar-refractivity contribution in [1.29, 1.82) is 0 Å². The van der Waals surface area contributed by atoms with Crippen molar-refractivity contribution in [1.82, 2.24) is 9.80 Å². The van der Waals surface area contributed by atoms with Gasteiger partial charge < -0.3 is 28.4 Å². The molecule has 0 fully saturated rings. The van der Waals surface area contributed by atoms with Crippen LogP contribution in [-0.4, -0.2) is 29.4 Å². The summed E-state index contributed by atoms with van der Waals surface area (Å²) in [5.41, 5.74) is 10.1. The number of hydrogen-bond donors (Lipinski definition) is 0. The van der Waals surface area contributed by atoms with Gasteiger partial charge >= 0.3 is 0 Å². The van der Waals surface area contributed by atoms with Crippen molar-refractivity contribution in [2.75, 3.05) is 19.6 Å². The zero-order chi connectivity index (χ0) is 53.2. The first-order valence-electron chi connectivity index (χ1n) is 27.4. The van der Waals surface area contributed by atoms with Gasteiger partial charge in [0.1, 0.15) is 39.6 Å².